The number of rotatable bonds is 30. The molecule has 26 heteroatoms. The molecule has 0 aliphatic rings. The number of nitrogens with zero attached hydrogens (tertiary/aromatic N) is 1. The smallest absolute Gasteiger partial charge is 0.326 e. The number of guanidine groups is 1. The minimum absolute atomic E-state index is 0.0521. The van der Waals surface area contributed by atoms with Crippen LogP contribution in [0.3, 0.4) is 0 Å². The number of aliphatic imine (C=N–C) groups is 1. The Hall–Kier alpha value is -7.38. The number of carboxylic acid groups (broad SMARTS) is 2. The lowest BCUT2D eigenvalue weighted by Crippen LogP contribution is -2.61. The topological polar surface area (TPSA) is 455 Å². The van der Waals surface area contributed by atoms with E-state index in [1.807, 2.05) is 13.8 Å². The third kappa shape index (κ3) is 22.3. The summed E-state index contributed by atoms with van der Waals surface area (Å²) in [5.74, 6) is -13.5. The van der Waals surface area contributed by atoms with Gasteiger partial charge in [-0.05, 0) is 36.7 Å². The second-order valence-electron chi connectivity index (χ2n) is 16.0. The Morgan fingerprint density at radius 1 is 0.606 bits per heavy atom. The summed E-state index contributed by atoms with van der Waals surface area (Å²) in [4.78, 5) is 145. The van der Waals surface area contributed by atoms with Gasteiger partial charge in [0, 0.05) is 13.0 Å². The number of nitrogens with one attached hydrogen (secondary N) is 7. The van der Waals surface area contributed by atoms with Gasteiger partial charge >= 0.3 is 11.9 Å². The second kappa shape index (κ2) is 28.4. The van der Waals surface area contributed by atoms with Crippen molar-refractivity contribution < 1.29 is 63.0 Å². The molecule has 7 atom stereocenters. The summed E-state index contributed by atoms with van der Waals surface area (Å²) < 4.78 is 0. The van der Waals surface area contributed by atoms with E-state index in [2.05, 4.69) is 42.2 Å². The number of hydrogen-bond acceptors (Lipinski definition) is 13. The van der Waals surface area contributed by atoms with Crippen LogP contribution in [0.4, 0.5) is 0 Å². The zero-order chi connectivity index (χ0) is 50.3. The first-order valence-electron chi connectivity index (χ1n) is 20.8. The fourth-order valence-electron chi connectivity index (χ4n) is 6.05. The molecule has 7 unspecified atom stereocenters. The maximum absolute atomic E-state index is 13.8. The van der Waals surface area contributed by atoms with E-state index in [1.165, 1.54) is 13.8 Å². The molecule has 0 saturated carbocycles. The highest BCUT2D eigenvalue weighted by atomic mass is 16.4. The Kier molecular flexibility index (Phi) is 24.4. The summed E-state index contributed by atoms with van der Waals surface area (Å²) in [6.45, 7) is 5.94. The molecule has 0 aliphatic carbocycles. The molecule has 1 aromatic rings. The fourth-order valence-corrected chi connectivity index (χ4v) is 6.05. The van der Waals surface area contributed by atoms with Crippen LogP contribution in [0.2, 0.25) is 0 Å². The van der Waals surface area contributed by atoms with Crippen molar-refractivity contribution in [2.45, 2.75) is 115 Å². The molecule has 1 rings (SSSR count). The van der Waals surface area contributed by atoms with Crippen molar-refractivity contribution in [3.05, 3.63) is 35.9 Å². The molecule has 19 N–H and O–H groups in total. The molecule has 0 saturated heterocycles. The predicted octanol–water partition coefficient (Wildman–Crippen LogP) is -5.35. The van der Waals surface area contributed by atoms with Crippen LogP contribution < -0.4 is 65.9 Å². The Labute approximate surface area is 380 Å². The van der Waals surface area contributed by atoms with E-state index in [0.717, 1.165) is 0 Å². The molecule has 9 amide bonds. The van der Waals surface area contributed by atoms with Gasteiger partial charge in [-0.2, -0.15) is 0 Å². The minimum atomic E-state index is -1.90. The van der Waals surface area contributed by atoms with Crippen molar-refractivity contribution in [3.8, 4) is 0 Å². The van der Waals surface area contributed by atoms with Gasteiger partial charge < -0.3 is 76.1 Å². The number of benzene rings is 1. The Morgan fingerprint density at radius 2 is 1.09 bits per heavy atom. The number of aliphatic carboxylic acids is 2. The van der Waals surface area contributed by atoms with E-state index in [4.69, 9.17) is 28.7 Å². The zero-order valence-corrected chi connectivity index (χ0v) is 37.2. The summed E-state index contributed by atoms with van der Waals surface area (Å²) in [5, 5.41) is 35.4. The van der Waals surface area contributed by atoms with Gasteiger partial charge in [0.1, 0.15) is 36.3 Å². The van der Waals surface area contributed by atoms with Gasteiger partial charge in [0.05, 0.1) is 31.8 Å². The third-order valence-electron chi connectivity index (χ3n) is 9.31. The molecule has 26 nitrogen and oxygen atoms in total. The van der Waals surface area contributed by atoms with Crippen molar-refractivity contribution in [1.82, 2.24) is 37.2 Å². The monoisotopic (exact) mass is 933 g/mol. The van der Waals surface area contributed by atoms with Crippen LogP contribution in [0.5, 0.6) is 0 Å². The standard InChI is InChI=1S/C40H63N13O13/c1-19(2)13-22(41)33(59)47-18-30(56)48-25(15-28(42)54)35(61)51-26(16-29(43)55)37(63)53-32(20(3)4)38(64)52-27(17-31(57)58)36(62)50-24(14-21-9-6-5-7-10-21)34(60)49-23(39(65)66)11-8-12-46-40(44)45/h5-7,9-10,19-20,22-27,32H,8,11-18,41H2,1-4H3,(H2,42,54)(H2,43,55)(H,47,59)(H,48,56)(H,49,60)(H,50,62)(H,51,61)(H,52,64)(H,53,63)(H,57,58)(H,65,66)(H4,44,45,46). The minimum Gasteiger partial charge on any atom is -0.481 e. The van der Waals surface area contributed by atoms with E-state index in [-0.39, 0.29) is 37.7 Å². The SMILES string of the molecule is CC(C)CC(N)C(=O)NCC(=O)NC(CC(N)=O)C(=O)NC(CC(N)=O)C(=O)NC(C(=O)NC(CC(=O)O)C(=O)NC(Cc1ccccc1)C(=O)NC(CCCN=C(N)N)C(=O)O)C(C)C. The van der Waals surface area contributed by atoms with E-state index >= 15 is 0 Å². The zero-order valence-electron chi connectivity index (χ0n) is 37.2. The molecule has 0 bridgehead atoms. The van der Waals surface area contributed by atoms with E-state index in [1.54, 1.807) is 30.3 Å². The van der Waals surface area contributed by atoms with E-state index in [0.29, 0.717) is 12.0 Å². The van der Waals surface area contributed by atoms with Crippen LogP contribution in [-0.2, 0) is 59.2 Å². The number of primary amides is 2. The first-order chi connectivity index (χ1) is 30.8. The van der Waals surface area contributed by atoms with Crippen LogP contribution in [0.1, 0.15) is 71.8 Å². The van der Waals surface area contributed by atoms with Crippen LogP contribution in [0.25, 0.3) is 0 Å². The fraction of sp³-hybridized carbons (Fsp3) is 0.550. The lowest BCUT2D eigenvalue weighted by Gasteiger charge is -2.28. The summed E-state index contributed by atoms with van der Waals surface area (Å²) in [6.07, 6.45) is -2.60. The van der Waals surface area contributed by atoms with Crippen molar-refractivity contribution in [1.29, 1.82) is 0 Å². The van der Waals surface area contributed by atoms with Crippen molar-refractivity contribution in [2.75, 3.05) is 13.1 Å². The van der Waals surface area contributed by atoms with Crippen molar-refractivity contribution in [3.63, 3.8) is 0 Å². The van der Waals surface area contributed by atoms with E-state index < -0.39 is 139 Å². The van der Waals surface area contributed by atoms with Crippen LogP contribution in [-0.4, -0.2) is 137 Å². The molecule has 0 radical (unpaired) electrons. The molecule has 1 aromatic carbocycles. The third-order valence-corrected chi connectivity index (χ3v) is 9.31. The van der Waals surface area contributed by atoms with Crippen LogP contribution in [0, 0.1) is 11.8 Å². The van der Waals surface area contributed by atoms with Crippen molar-refractivity contribution in [2.24, 2.45) is 45.5 Å². The molecule has 0 heterocycles. The summed E-state index contributed by atoms with van der Waals surface area (Å²) in [7, 11) is 0. The summed E-state index contributed by atoms with van der Waals surface area (Å²) in [6, 6.07) is -2.82. The number of carboxylic acids is 2. The van der Waals surface area contributed by atoms with Gasteiger partial charge in [-0.25, -0.2) is 4.79 Å². The van der Waals surface area contributed by atoms with Crippen LogP contribution >= 0.6 is 0 Å². The van der Waals surface area contributed by atoms with Gasteiger partial charge in [-0.1, -0.05) is 58.0 Å². The normalized spacial score (nSPS) is 14.0. The van der Waals surface area contributed by atoms with Gasteiger partial charge in [0.15, 0.2) is 5.96 Å². The molecule has 366 valence electrons. The Bertz CT molecular complexity index is 1930. The molecule has 66 heavy (non-hydrogen) atoms. The Balaban J connectivity index is 3.32. The number of carbonyl (C=O) groups is 11. The largest absolute Gasteiger partial charge is 0.481 e. The van der Waals surface area contributed by atoms with Gasteiger partial charge in [-0.15, -0.1) is 0 Å². The number of carbonyl (C=O) groups excluding carboxylic acids is 9. The average molecular weight is 934 g/mol. The number of nitrogens with two attached hydrogens (primary N) is 5. The Morgan fingerprint density at radius 3 is 1.59 bits per heavy atom. The highest BCUT2D eigenvalue weighted by Gasteiger charge is 2.36. The molecule has 0 fully saturated rings. The van der Waals surface area contributed by atoms with Gasteiger partial charge in [0.25, 0.3) is 0 Å². The first-order valence-corrected chi connectivity index (χ1v) is 20.8. The summed E-state index contributed by atoms with van der Waals surface area (Å²) in [5.41, 5.74) is 27.5. The second-order valence-corrected chi connectivity index (χ2v) is 16.0. The lowest BCUT2D eigenvalue weighted by atomic mass is 10.0. The first kappa shape index (κ1) is 56.6. The number of amides is 9. The maximum atomic E-state index is 13.8. The lowest BCUT2D eigenvalue weighted by molar-refractivity contribution is -0.143. The molecule has 0 spiro atoms. The molecular weight excluding hydrogens is 871 g/mol. The quantitative estimate of drug-likeness (QED) is 0.0195. The molecule has 0 aliphatic heterocycles. The van der Waals surface area contributed by atoms with Gasteiger partial charge in [0.2, 0.25) is 53.2 Å². The molecular formula is C40H63N13O13. The molecule has 0 aromatic heterocycles. The number of hydrogen-bond donors (Lipinski definition) is 14. The highest BCUT2D eigenvalue weighted by Crippen LogP contribution is 2.10. The predicted molar refractivity (Wildman–Crippen MR) is 234 cm³/mol. The highest BCUT2D eigenvalue weighted by molar-refractivity contribution is 6.00. The van der Waals surface area contributed by atoms with Crippen LogP contribution in [0.15, 0.2) is 35.3 Å². The van der Waals surface area contributed by atoms with E-state index in [9.17, 15) is 63.0 Å². The van der Waals surface area contributed by atoms with Gasteiger partial charge in [-0.3, -0.25) is 52.9 Å². The maximum Gasteiger partial charge on any atom is 0.326 e. The van der Waals surface area contributed by atoms with Crippen molar-refractivity contribution >= 4 is 71.1 Å². The average Bonchev–Trinajstić information content (AvgIpc) is 3.20. The summed E-state index contributed by atoms with van der Waals surface area (Å²) >= 11 is 0.